The third kappa shape index (κ3) is 5.15. The normalized spacial score (nSPS) is 14.7. The summed E-state index contributed by atoms with van der Waals surface area (Å²) < 4.78 is 29.4. The molecule has 2 aromatic carbocycles. The number of benzene rings is 2. The molecule has 0 N–H and O–H groups in total. The van der Waals surface area contributed by atoms with Crippen LogP contribution in [0.15, 0.2) is 70.0 Å². The van der Waals surface area contributed by atoms with Crippen molar-refractivity contribution in [3.63, 3.8) is 0 Å². The number of carbonyl (C=O) groups is 3. The van der Waals surface area contributed by atoms with Crippen LogP contribution in [-0.4, -0.2) is 29.1 Å². The molecule has 1 aliphatic rings. The van der Waals surface area contributed by atoms with Gasteiger partial charge in [-0.3, -0.25) is 14.5 Å². The Kier molecular flexibility index (Phi) is 6.60. The van der Waals surface area contributed by atoms with E-state index in [4.69, 9.17) is 9.15 Å². The summed E-state index contributed by atoms with van der Waals surface area (Å²) in [6.45, 7) is -0.0475. The number of amides is 2. The Morgan fingerprint density at radius 2 is 1.94 bits per heavy atom. The van der Waals surface area contributed by atoms with Crippen molar-refractivity contribution in [1.29, 1.82) is 0 Å². The number of ether oxygens (including phenoxy) is 2. The molecule has 168 valence electrons. The van der Waals surface area contributed by atoms with E-state index in [1.807, 2.05) is 0 Å². The highest BCUT2D eigenvalue weighted by Gasteiger charge is 2.35. The Labute approximate surface area is 192 Å². The van der Waals surface area contributed by atoms with Crippen molar-refractivity contribution >= 4 is 35.0 Å². The average Bonchev–Trinajstić information content (AvgIpc) is 3.39. The summed E-state index contributed by atoms with van der Waals surface area (Å²) in [6.07, 6.45) is 1.59. The highest BCUT2D eigenvalue weighted by molar-refractivity contribution is 8.18. The average molecular weight is 467 g/mol. The number of thioether (sulfide) groups is 1. The van der Waals surface area contributed by atoms with Crippen LogP contribution >= 0.6 is 11.8 Å². The molecule has 0 radical (unpaired) electrons. The molecule has 9 heteroatoms. The fourth-order valence-electron chi connectivity index (χ4n) is 3.09. The molecule has 0 saturated carbocycles. The van der Waals surface area contributed by atoms with Gasteiger partial charge in [-0.15, -0.1) is 0 Å². The van der Waals surface area contributed by atoms with Gasteiger partial charge in [0.15, 0.2) is 0 Å². The Bertz CT molecular complexity index is 1250. The van der Waals surface area contributed by atoms with Crippen molar-refractivity contribution < 1.29 is 32.7 Å². The zero-order valence-electron chi connectivity index (χ0n) is 17.4. The SMILES string of the molecule is COC(=O)c1ccc(CN2C(=O)S/C(=C/c3cccc(OCc4ccccc4F)c3)C2=O)o1. The number of imide groups is 1. The van der Waals surface area contributed by atoms with E-state index in [2.05, 4.69) is 4.74 Å². The third-order valence-corrected chi connectivity index (χ3v) is 5.65. The first kappa shape index (κ1) is 22.3. The fraction of sp³-hybridized carbons (Fsp3) is 0.125. The van der Waals surface area contributed by atoms with Crippen molar-refractivity contribution in [1.82, 2.24) is 4.90 Å². The van der Waals surface area contributed by atoms with Crippen molar-refractivity contribution in [2.24, 2.45) is 0 Å². The third-order valence-electron chi connectivity index (χ3n) is 4.74. The number of nitrogens with zero attached hydrogens (tertiary/aromatic N) is 1. The Morgan fingerprint density at radius 3 is 2.73 bits per heavy atom. The van der Waals surface area contributed by atoms with Gasteiger partial charge in [0.05, 0.1) is 18.6 Å². The molecule has 1 saturated heterocycles. The lowest BCUT2D eigenvalue weighted by atomic mass is 10.2. The second kappa shape index (κ2) is 9.74. The molecular weight excluding hydrogens is 449 g/mol. The second-order valence-electron chi connectivity index (χ2n) is 6.98. The molecule has 1 fully saturated rings. The lowest BCUT2D eigenvalue weighted by Gasteiger charge is -2.10. The van der Waals surface area contributed by atoms with E-state index in [0.29, 0.717) is 16.9 Å². The summed E-state index contributed by atoms with van der Waals surface area (Å²) in [4.78, 5) is 37.9. The highest BCUT2D eigenvalue weighted by atomic mass is 32.2. The largest absolute Gasteiger partial charge is 0.489 e. The zero-order chi connectivity index (χ0) is 23.4. The molecule has 2 amide bonds. The van der Waals surface area contributed by atoms with Crippen molar-refractivity contribution in [3.8, 4) is 5.75 Å². The first-order valence-corrected chi connectivity index (χ1v) is 10.6. The van der Waals surface area contributed by atoms with Crippen LogP contribution in [-0.2, 0) is 22.7 Å². The topological polar surface area (TPSA) is 86.0 Å². The van der Waals surface area contributed by atoms with Crippen LogP contribution in [0.5, 0.6) is 5.75 Å². The quantitative estimate of drug-likeness (QED) is 0.356. The standard InChI is InChI=1S/C24H18FNO6S/c1-30-23(28)20-10-9-18(32-20)13-26-22(27)21(33-24(26)29)12-15-5-4-7-17(11-15)31-14-16-6-2-3-8-19(16)25/h2-12H,13-14H2,1H3/b21-12+. The number of methoxy groups -OCH3 is 1. The van der Waals surface area contributed by atoms with Crippen LogP contribution in [0.3, 0.4) is 0 Å². The molecule has 0 atom stereocenters. The summed E-state index contributed by atoms with van der Waals surface area (Å²) in [6, 6.07) is 16.2. The highest BCUT2D eigenvalue weighted by Crippen LogP contribution is 2.34. The van der Waals surface area contributed by atoms with Gasteiger partial charge < -0.3 is 13.9 Å². The molecule has 0 spiro atoms. The van der Waals surface area contributed by atoms with Gasteiger partial charge in [-0.2, -0.15) is 0 Å². The number of esters is 1. The number of hydrogen-bond acceptors (Lipinski definition) is 7. The maximum atomic E-state index is 13.8. The minimum Gasteiger partial charge on any atom is -0.489 e. The summed E-state index contributed by atoms with van der Waals surface area (Å²) in [7, 11) is 1.23. The van der Waals surface area contributed by atoms with Crippen LogP contribution in [0.1, 0.15) is 27.4 Å². The molecule has 0 unspecified atom stereocenters. The predicted molar refractivity (Wildman–Crippen MR) is 119 cm³/mol. The molecule has 0 bridgehead atoms. The monoisotopic (exact) mass is 467 g/mol. The maximum Gasteiger partial charge on any atom is 0.373 e. The van der Waals surface area contributed by atoms with Gasteiger partial charge in [0, 0.05) is 5.56 Å². The van der Waals surface area contributed by atoms with Gasteiger partial charge in [0.1, 0.15) is 23.9 Å². The molecule has 1 aromatic heterocycles. The van der Waals surface area contributed by atoms with Gasteiger partial charge >= 0.3 is 5.97 Å². The lowest BCUT2D eigenvalue weighted by Crippen LogP contribution is -2.27. The lowest BCUT2D eigenvalue weighted by molar-refractivity contribution is -0.123. The van der Waals surface area contributed by atoms with E-state index >= 15 is 0 Å². The second-order valence-corrected chi connectivity index (χ2v) is 7.97. The Morgan fingerprint density at radius 1 is 1.12 bits per heavy atom. The predicted octanol–water partition coefficient (Wildman–Crippen LogP) is 5.02. The van der Waals surface area contributed by atoms with Gasteiger partial charge in [0.25, 0.3) is 11.1 Å². The number of hydrogen-bond donors (Lipinski definition) is 0. The minimum atomic E-state index is -0.646. The van der Waals surface area contributed by atoms with E-state index in [0.717, 1.165) is 16.7 Å². The molecule has 1 aliphatic heterocycles. The zero-order valence-corrected chi connectivity index (χ0v) is 18.3. The van der Waals surface area contributed by atoms with Gasteiger partial charge in [-0.1, -0.05) is 30.3 Å². The van der Waals surface area contributed by atoms with Crippen LogP contribution < -0.4 is 4.74 Å². The molecule has 2 heterocycles. The first-order valence-electron chi connectivity index (χ1n) is 9.83. The van der Waals surface area contributed by atoms with Crippen LogP contribution in [0.4, 0.5) is 9.18 Å². The molecule has 3 aromatic rings. The summed E-state index contributed by atoms with van der Waals surface area (Å²) in [5.74, 6) is -0.703. The van der Waals surface area contributed by atoms with E-state index in [-0.39, 0.29) is 35.4 Å². The smallest absolute Gasteiger partial charge is 0.373 e. The maximum absolute atomic E-state index is 13.8. The molecule has 7 nitrogen and oxygen atoms in total. The Balaban J connectivity index is 1.45. The van der Waals surface area contributed by atoms with E-state index in [1.165, 1.54) is 25.3 Å². The van der Waals surface area contributed by atoms with Crippen molar-refractivity contribution in [3.05, 3.63) is 94.0 Å². The van der Waals surface area contributed by atoms with Crippen LogP contribution in [0, 0.1) is 5.82 Å². The number of furan rings is 1. The molecular formula is C24H18FNO6S. The molecule has 0 aliphatic carbocycles. The molecule has 4 rings (SSSR count). The van der Waals surface area contributed by atoms with Gasteiger partial charge in [-0.05, 0) is 53.7 Å². The van der Waals surface area contributed by atoms with E-state index in [9.17, 15) is 18.8 Å². The van der Waals surface area contributed by atoms with Crippen LogP contribution in [0.2, 0.25) is 0 Å². The first-order chi connectivity index (χ1) is 15.9. The van der Waals surface area contributed by atoms with Gasteiger partial charge in [-0.25, -0.2) is 9.18 Å². The fourth-order valence-corrected chi connectivity index (χ4v) is 3.93. The number of carbonyl (C=O) groups excluding carboxylic acids is 3. The molecule has 33 heavy (non-hydrogen) atoms. The summed E-state index contributed by atoms with van der Waals surface area (Å²) in [5.41, 5.74) is 1.08. The van der Waals surface area contributed by atoms with Crippen LogP contribution in [0.25, 0.3) is 6.08 Å². The van der Waals surface area contributed by atoms with Crippen molar-refractivity contribution in [2.75, 3.05) is 7.11 Å². The van der Waals surface area contributed by atoms with E-state index < -0.39 is 17.1 Å². The van der Waals surface area contributed by atoms with Crippen molar-refractivity contribution in [2.45, 2.75) is 13.2 Å². The Hall–Kier alpha value is -3.85. The van der Waals surface area contributed by atoms with Gasteiger partial charge in [0.2, 0.25) is 5.76 Å². The summed E-state index contributed by atoms with van der Waals surface area (Å²) >= 11 is 0.806. The number of rotatable bonds is 7. The minimum absolute atomic E-state index is 0.0118. The summed E-state index contributed by atoms with van der Waals surface area (Å²) in [5, 5.41) is -0.450. The number of halogens is 1. The van der Waals surface area contributed by atoms with E-state index in [1.54, 1.807) is 48.5 Å².